The molecule has 0 radical (unpaired) electrons. The van der Waals surface area contributed by atoms with E-state index in [4.69, 9.17) is 0 Å². The van der Waals surface area contributed by atoms with Gasteiger partial charge in [-0.25, -0.2) is 0 Å². The van der Waals surface area contributed by atoms with Gasteiger partial charge in [0.25, 0.3) is 5.91 Å². The van der Waals surface area contributed by atoms with Gasteiger partial charge >= 0.3 is 0 Å². The van der Waals surface area contributed by atoms with Crippen LogP contribution in [0, 0.1) is 0 Å². The van der Waals surface area contributed by atoms with Crippen LogP contribution in [0.3, 0.4) is 0 Å². The van der Waals surface area contributed by atoms with Crippen molar-refractivity contribution in [2.75, 3.05) is 20.1 Å². The highest BCUT2D eigenvalue weighted by atomic mass is 32.1. The van der Waals surface area contributed by atoms with Gasteiger partial charge < -0.3 is 20.9 Å². The van der Waals surface area contributed by atoms with Gasteiger partial charge in [0.15, 0.2) is 0 Å². The predicted molar refractivity (Wildman–Crippen MR) is 93.1 cm³/mol. The number of hydrogen-bond donors (Lipinski definition) is 3. The van der Waals surface area contributed by atoms with Crippen molar-refractivity contribution in [3.8, 4) is 0 Å². The highest BCUT2D eigenvalue weighted by molar-refractivity contribution is 7.12. The van der Waals surface area contributed by atoms with Crippen LogP contribution >= 0.6 is 11.3 Å². The van der Waals surface area contributed by atoms with Crippen LogP contribution in [0.5, 0.6) is 0 Å². The van der Waals surface area contributed by atoms with E-state index in [9.17, 15) is 19.2 Å². The maximum atomic E-state index is 12.3. The molecule has 2 rings (SSSR count). The molecule has 4 amide bonds. The molecule has 1 saturated heterocycles. The number of nitrogens with one attached hydrogen (secondary N) is 3. The van der Waals surface area contributed by atoms with Crippen molar-refractivity contribution in [1.82, 2.24) is 20.9 Å². The monoisotopic (exact) mass is 366 g/mol. The summed E-state index contributed by atoms with van der Waals surface area (Å²) >= 11 is 1.28. The molecule has 1 aromatic heterocycles. The van der Waals surface area contributed by atoms with Crippen LogP contribution in [-0.2, 0) is 14.4 Å². The van der Waals surface area contributed by atoms with Crippen LogP contribution in [0.25, 0.3) is 0 Å². The Bertz CT molecular complexity index is 647. The zero-order chi connectivity index (χ0) is 18.4. The number of amides is 4. The summed E-state index contributed by atoms with van der Waals surface area (Å²) in [6.45, 7) is 1.84. The largest absolute Gasteiger partial charge is 0.357 e. The third-order valence-electron chi connectivity index (χ3n) is 4.02. The Morgan fingerprint density at radius 1 is 1.36 bits per heavy atom. The lowest BCUT2D eigenvalue weighted by Gasteiger charge is -2.23. The van der Waals surface area contributed by atoms with Crippen molar-refractivity contribution in [3.63, 3.8) is 0 Å². The fraction of sp³-hybridized carbons (Fsp3) is 0.500. The molecule has 8 nitrogen and oxygen atoms in total. The first kappa shape index (κ1) is 18.9. The van der Waals surface area contributed by atoms with Crippen LogP contribution in [0.15, 0.2) is 17.5 Å². The van der Waals surface area contributed by atoms with Gasteiger partial charge in [0.2, 0.25) is 17.7 Å². The second kappa shape index (κ2) is 8.61. The molecule has 0 bridgehead atoms. The molecule has 0 aliphatic carbocycles. The van der Waals surface area contributed by atoms with Gasteiger partial charge in [-0.05, 0) is 31.2 Å². The minimum absolute atomic E-state index is 0.200. The molecule has 0 aromatic carbocycles. The number of likely N-dealkylation sites (N-methyl/N-ethyl adjacent to an activating group) is 1. The Morgan fingerprint density at radius 3 is 2.76 bits per heavy atom. The molecule has 2 atom stereocenters. The quantitative estimate of drug-likeness (QED) is 0.643. The molecule has 0 spiro atoms. The molecule has 1 aliphatic heterocycles. The highest BCUT2D eigenvalue weighted by Crippen LogP contribution is 2.17. The Balaban J connectivity index is 1.81. The first-order valence-corrected chi connectivity index (χ1v) is 8.95. The molecule has 0 saturated carbocycles. The smallest absolute Gasteiger partial charge is 0.261 e. The average Bonchev–Trinajstić information content (AvgIpc) is 3.29. The zero-order valence-electron chi connectivity index (χ0n) is 14.2. The lowest BCUT2D eigenvalue weighted by Crippen LogP contribution is -2.51. The minimum Gasteiger partial charge on any atom is -0.357 e. The molecule has 9 heteroatoms. The van der Waals surface area contributed by atoms with Gasteiger partial charge in [-0.1, -0.05) is 6.07 Å². The third kappa shape index (κ3) is 4.79. The standard InChI is InChI=1S/C16H22N4O4S/c1-10(19-16(24)12-6-4-8-25-12)14(22)18-9-13(21)20-7-3-5-11(20)15(23)17-2/h4,6,8,10-11H,3,5,7,9H2,1-2H3,(H,17,23)(H,18,22)(H,19,24). The fourth-order valence-corrected chi connectivity index (χ4v) is 3.29. The summed E-state index contributed by atoms with van der Waals surface area (Å²) in [7, 11) is 1.53. The molecule has 1 aromatic rings. The van der Waals surface area contributed by atoms with E-state index in [0.717, 1.165) is 6.42 Å². The van der Waals surface area contributed by atoms with Crippen LogP contribution in [-0.4, -0.2) is 60.7 Å². The lowest BCUT2D eigenvalue weighted by molar-refractivity contribution is -0.138. The Labute approximate surface area is 150 Å². The Morgan fingerprint density at radius 2 is 2.12 bits per heavy atom. The van der Waals surface area contributed by atoms with E-state index in [1.165, 1.54) is 23.3 Å². The fourth-order valence-electron chi connectivity index (χ4n) is 2.66. The van der Waals surface area contributed by atoms with Gasteiger partial charge in [0.05, 0.1) is 11.4 Å². The number of thiophene rings is 1. The van der Waals surface area contributed by atoms with E-state index in [2.05, 4.69) is 16.0 Å². The average molecular weight is 366 g/mol. The van der Waals surface area contributed by atoms with E-state index >= 15 is 0 Å². The number of rotatable bonds is 6. The predicted octanol–water partition coefficient (Wildman–Crippen LogP) is -0.280. The normalized spacial score (nSPS) is 17.7. The summed E-state index contributed by atoms with van der Waals surface area (Å²) in [5.41, 5.74) is 0. The summed E-state index contributed by atoms with van der Waals surface area (Å²) in [6.07, 6.45) is 1.37. The maximum Gasteiger partial charge on any atom is 0.261 e. The molecule has 136 valence electrons. The first-order valence-electron chi connectivity index (χ1n) is 8.07. The number of carbonyl (C=O) groups is 4. The van der Waals surface area contributed by atoms with Crippen LogP contribution in [0.2, 0.25) is 0 Å². The SMILES string of the molecule is CNC(=O)C1CCCN1C(=O)CNC(=O)C(C)NC(=O)c1cccs1. The van der Waals surface area contributed by atoms with Gasteiger partial charge in [0.1, 0.15) is 12.1 Å². The Kier molecular flexibility index (Phi) is 6.51. The van der Waals surface area contributed by atoms with Gasteiger partial charge in [-0.15, -0.1) is 11.3 Å². The maximum absolute atomic E-state index is 12.3. The number of likely N-dealkylation sites (tertiary alicyclic amines) is 1. The molecule has 3 N–H and O–H groups in total. The van der Waals surface area contributed by atoms with Crippen molar-refractivity contribution < 1.29 is 19.2 Å². The Hall–Kier alpha value is -2.42. The second-order valence-electron chi connectivity index (χ2n) is 5.75. The van der Waals surface area contributed by atoms with Crippen LogP contribution in [0.1, 0.15) is 29.4 Å². The van der Waals surface area contributed by atoms with Crippen molar-refractivity contribution in [3.05, 3.63) is 22.4 Å². The third-order valence-corrected chi connectivity index (χ3v) is 4.89. The molecular weight excluding hydrogens is 344 g/mol. The number of hydrogen-bond acceptors (Lipinski definition) is 5. The summed E-state index contributed by atoms with van der Waals surface area (Å²) in [6, 6.07) is 2.17. The molecule has 1 aliphatic rings. The highest BCUT2D eigenvalue weighted by Gasteiger charge is 2.33. The summed E-state index contributed by atoms with van der Waals surface area (Å²) in [5, 5.41) is 9.41. The molecular formula is C16H22N4O4S. The van der Waals surface area contributed by atoms with Crippen LogP contribution in [0.4, 0.5) is 0 Å². The summed E-state index contributed by atoms with van der Waals surface area (Å²) in [4.78, 5) is 50.0. The van der Waals surface area contributed by atoms with E-state index < -0.39 is 18.0 Å². The van der Waals surface area contributed by atoms with Gasteiger partial charge in [0, 0.05) is 13.6 Å². The van der Waals surface area contributed by atoms with E-state index in [1.807, 2.05) is 0 Å². The number of nitrogens with zero attached hydrogens (tertiary/aromatic N) is 1. The van der Waals surface area contributed by atoms with Crippen molar-refractivity contribution in [2.45, 2.75) is 31.8 Å². The van der Waals surface area contributed by atoms with E-state index in [0.29, 0.717) is 17.8 Å². The van der Waals surface area contributed by atoms with Crippen molar-refractivity contribution in [1.29, 1.82) is 0 Å². The zero-order valence-corrected chi connectivity index (χ0v) is 15.0. The summed E-state index contributed by atoms with van der Waals surface area (Å²) < 4.78 is 0. The molecule has 2 heterocycles. The second-order valence-corrected chi connectivity index (χ2v) is 6.70. The minimum atomic E-state index is -0.768. The molecule has 25 heavy (non-hydrogen) atoms. The number of carbonyl (C=O) groups excluding carboxylic acids is 4. The van der Waals surface area contributed by atoms with Gasteiger partial charge in [-0.3, -0.25) is 19.2 Å². The lowest BCUT2D eigenvalue weighted by atomic mass is 10.2. The van der Waals surface area contributed by atoms with Crippen molar-refractivity contribution in [2.24, 2.45) is 0 Å². The van der Waals surface area contributed by atoms with E-state index in [1.54, 1.807) is 24.4 Å². The first-order chi connectivity index (χ1) is 11.9. The molecule has 1 fully saturated rings. The molecule has 2 unspecified atom stereocenters. The van der Waals surface area contributed by atoms with Gasteiger partial charge in [-0.2, -0.15) is 0 Å². The van der Waals surface area contributed by atoms with E-state index in [-0.39, 0.29) is 24.3 Å². The topological polar surface area (TPSA) is 108 Å². The van der Waals surface area contributed by atoms with Crippen molar-refractivity contribution >= 4 is 35.0 Å². The van der Waals surface area contributed by atoms with Crippen LogP contribution < -0.4 is 16.0 Å². The summed E-state index contributed by atoms with van der Waals surface area (Å²) in [5.74, 6) is -1.29.